The molecule has 1 aromatic heterocycles. The molecule has 2 unspecified atom stereocenters. The number of aromatic nitrogens is 3. The van der Waals surface area contributed by atoms with Gasteiger partial charge in [0, 0.05) is 6.61 Å². The number of aliphatic hydroxyl groups excluding tert-OH is 1. The summed E-state index contributed by atoms with van der Waals surface area (Å²) in [6, 6.07) is 0.203. The third-order valence-corrected chi connectivity index (χ3v) is 2.73. The lowest BCUT2D eigenvalue weighted by molar-refractivity contribution is 0.0707. The van der Waals surface area contributed by atoms with E-state index in [0.29, 0.717) is 5.82 Å². The Morgan fingerprint density at radius 2 is 2.64 bits per heavy atom. The maximum absolute atomic E-state index is 9.03. The van der Waals surface area contributed by atoms with Gasteiger partial charge in [-0.05, 0) is 19.8 Å². The average molecular weight is 197 g/mol. The van der Waals surface area contributed by atoms with Crippen LogP contribution in [0.15, 0.2) is 6.33 Å². The Morgan fingerprint density at radius 3 is 3.29 bits per heavy atom. The third-order valence-electron chi connectivity index (χ3n) is 2.73. The molecule has 0 aliphatic carbocycles. The second kappa shape index (κ2) is 4.06. The van der Waals surface area contributed by atoms with Crippen LogP contribution in [0.3, 0.4) is 0 Å². The van der Waals surface area contributed by atoms with Crippen molar-refractivity contribution in [3.05, 3.63) is 12.2 Å². The van der Waals surface area contributed by atoms with Crippen LogP contribution in [0.25, 0.3) is 0 Å². The Labute approximate surface area is 82.7 Å². The standard InChI is InChI=1S/C9H15N3O2/c1-7(8-3-2-4-14-8)12-6-10-11-9(12)5-13/h6-8,13H,2-5H2,1H3. The van der Waals surface area contributed by atoms with Gasteiger partial charge in [-0.1, -0.05) is 0 Å². The van der Waals surface area contributed by atoms with Crippen LogP contribution in [0.1, 0.15) is 31.6 Å². The first-order chi connectivity index (χ1) is 6.83. The lowest BCUT2D eigenvalue weighted by Crippen LogP contribution is -2.22. The summed E-state index contributed by atoms with van der Waals surface area (Å²) < 4.78 is 7.46. The quantitative estimate of drug-likeness (QED) is 0.767. The van der Waals surface area contributed by atoms with Crippen molar-refractivity contribution in [2.45, 2.75) is 38.5 Å². The van der Waals surface area contributed by atoms with E-state index in [4.69, 9.17) is 9.84 Å². The van der Waals surface area contributed by atoms with Crippen LogP contribution >= 0.6 is 0 Å². The molecule has 5 nitrogen and oxygen atoms in total. The highest BCUT2D eigenvalue weighted by atomic mass is 16.5. The zero-order chi connectivity index (χ0) is 9.97. The van der Waals surface area contributed by atoms with Crippen molar-refractivity contribution in [1.29, 1.82) is 0 Å². The van der Waals surface area contributed by atoms with Crippen molar-refractivity contribution in [1.82, 2.24) is 14.8 Å². The molecule has 14 heavy (non-hydrogen) atoms. The van der Waals surface area contributed by atoms with Crippen molar-refractivity contribution in [3.63, 3.8) is 0 Å². The molecule has 0 aromatic carbocycles. The van der Waals surface area contributed by atoms with Crippen molar-refractivity contribution < 1.29 is 9.84 Å². The normalized spacial score (nSPS) is 24.0. The van der Waals surface area contributed by atoms with Gasteiger partial charge in [0.2, 0.25) is 0 Å². The third kappa shape index (κ3) is 1.65. The van der Waals surface area contributed by atoms with E-state index in [9.17, 15) is 0 Å². The van der Waals surface area contributed by atoms with E-state index in [1.54, 1.807) is 6.33 Å². The van der Waals surface area contributed by atoms with Crippen LogP contribution in [0.5, 0.6) is 0 Å². The van der Waals surface area contributed by atoms with Gasteiger partial charge in [-0.25, -0.2) is 0 Å². The summed E-state index contributed by atoms with van der Waals surface area (Å²) >= 11 is 0. The van der Waals surface area contributed by atoms with Gasteiger partial charge in [-0.15, -0.1) is 10.2 Å². The predicted molar refractivity (Wildman–Crippen MR) is 49.6 cm³/mol. The summed E-state index contributed by atoms with van der Waals surface area (Å²) in [5.41, 5.74) is 0. The van der Waals surface area contributed by atoms with Crippen LogP contribution in [-0.4, -0.2) is 32.6 Å². The molecule has 2 atom stereocenters. The fourth-order valence-electron chi connectivity index (χ4n) is 1.88. The monoisotopic (exact) mass is 197 g/mol. The Hall–Kier alpha value is -0.940. The lowest BCUT2D eigenvalue weighted by atomic mass is 10.1. The molecule has 78 valence electrons. The Bertz CT molecular complexity index is 294. The van der Waals surface area contributed by atoms with Gasteiger partial charge in [-0.2, -0.15) is 0 Å². The molecule has 1 aromatic rings. The molecule has 2 rings (SSSR count). The van der Waals surface area contributed by atoms with E-state index in [1.807, 2.05) is 4.57 Å². The van der Waals surface area contributed by atoms with Gasteiger partial charge in [0.15, 0.2) is 5.82 Å². The molecule has 0 bridgehead atoms. The molecular formula is C9H15N3O2. The molecule has 1 aliphatic rings. The number of rotatable bonds is 3. The zero-order valence-electron chi connectivity index (χ0n) is 8.26. The molecule has 2 heterocycles. The molecule has 1 aliphatic heterocycles. The number of hydrogen-bond acceptors (Lipinski definition) is 4. The minimum absolute atomic E-state index is 0.0724. The van der Waals surface area contributed by atoms with Crippen LogP contribution in [0, 0.1) is 0 Å². The van der Waals surface area contributed by atoms with Crippen LogP contribution in [0.2, 0.25) is 0 Å². The number of aliphatic hydroxyl groups is 1. The highest BCUT2D eigenvalue weighted by molar-refractivity contribution is 4.89. The number of nitrogens with zero attached hydrogens (tertiary/aromatic N) is 3. The molecule has 1 fully saturated rings. The SMILES string of the molecule is CC(C1CCCO1)n1cnnc1CO. The minimum Gasteiger partial charge on any atom is -0.388 e. The Balaban J connectivity index is 2.12. The highest BCUT2D eigenvalue weighted by Crippen LogP contribution is 2.24. The molecule has 1 N–H and O–H groups in total. The molecule has 0 amide bonds. The van der Waals surface area contributed by atoms with E-state index in [0.717, 1.165) is 19.4 Å². The second-order valence-corrected chi connectivity index (χ2v) is 3.60. The lowest BCUT2D eigenvalue weighted by Gasteiger charge is -2.20. The van der Waals surface area contributed by atoms with Gasteiger partial charge in [-0.3, -0.25) is 0 Å². The number of ether oxygens (including phenoxy) is 1. The van der Waals surface area contributed by atoms with Gasteiger partial charge in [0.05, 0.1) is 12.1 Å². The Kier molecular flexibility index (Phi) is 2.79. The van der Waals surface area contributed by atoms with Gasteiger partial charge < -0.3 is 14.4 Å². The summed E-state index contributed by atoms with van der Waals surface area (Å²) in [7, 11) is 0. The molecule has 0 saturated carbocycles. The average Bonchev–Trinajstić information content (AvgIpc) is 2.87. The van der Waals surface area contributed by atoms with E-state index in [-0.39, 0.29) is 18.8 Å². The van der Waals surface area contributed by atoms with Crippen LogP contribution < -0.4 is 0 Å². The molecule has 0 radical (unpaired) electrons. The molecule has 1 saturated heterocycles. The minimum atomic E-state index is -0.0724. The van der Waals surface area contributed by atoms with E-state index >= 15 is 0 Å². The fourth-order valence-corrected chi connectivity index (χ4v) is 1.88. The van der Waals surface area contributed by atoms with E-state index in [2.05, 4.69) is 17.1 Å². The second-order valence-electron chi connectivity index (χ2n) is 3.60. The maximum atomic E-state index is 9.03. The smallest absolute Gasteiger partial charge is 0.158 e. The first-order valence-corrected chi connectivity index (χ1v) is 4.93. The summed E-state index contributed by atoms with van der Waals surface area (Å²) in [6.07, 6.45) is 4.07. The summed E-state index contributed by atoms with van der Waals surface area (Å²) in [4.78, 5) is 0. The molecule has 5 heteroatoms. The zero-order valence-corrected chi connectivity index (χ0v) is 8.26. The first-order valence-electron chi connectivity index (χ1n) is 4.93. The predicted octanol–water partition coefficient (Wildman–Crippen LogP) is 0.510. The largest absolute Gasteiger partial charge is 0.388 e. The van der Waals surface area contributed by atoms with E-state index in [1.165, 1.54) is 0 Å². The maximum Gasteiger partial charge on any atom is 0.158 e. The molecule has 0 spiro atoms. The Morgan fingerprint density at radius 1 is 1.79 bits per heavy atom. The molecular weight excluding hydrogens is 182 g/mol. The van der Waals surface area contributed by atoms with Crippen molar-refractivity contribution in [3.8, 4) is 0 Å². The first kappa shape index (κ1) is 9.61. The van der Waals surface area contributed by atoms with Gasteiger partial charge >= 0.3 is 0 Å². The van der Waals surface area contributed by atoms with Crippen LogP contribution in [-0.2, 0) is 11.3 Å². The van der Waals surface area contributed by atoms with Gasteiger partial charge in [0.25, 0.3) is 0 Å². The highest BCUT2D eigenvalue weighted by Gasteiger charge is 2.25. The summed E-state index contributed by atoms with van der Waals surface area (Å²) in [5.74, 6) is 0.605. The van der Waals surface area contributed by atoms with Gasteiger partial charge in [0.1, 0.15) is 12.9 Å². The summed E-state index contributed by atoms with van der Waals surface area (Å²) in [6.45, 7) is 2.83. The number of hydrogen-bond donors (Lipinski definition) is 1. The van der Waals surface area contributed by atoms with E-state index < -0.39 is 0 Å². The van der Waals surface area contributed by atoms with Crippen molar-refractivity contribution >= 4 is 0 Å². The van der Waals surface area contributed by atoms with Crippen molar-refractivity contribution in [2.24, 2.45) is 0 Å². The summed E-state index contributed by atoms with van der Waals surface area (Å²) in [5, 5.41) is 16.7. The fraction of sp³-hybridized carbons (Fsp3) is 0.778. The van der Waals surface area contributed by atoms with Crippen molar-refractivity contribution in [2.75, 3.05) is 6.61 Å². The topological polar surface area (TPSA) is 60.2 Å². The van der Waals surface area contributed by atoms with Crippen LogP contribution in [0.4, 0.5) is 0 Å².